The molecule has 116 valence electrons. The molecule has 0 spiro atoms. The Morgan fingerprint density at radius 1 is 1.00 bits per heavy atom. The highest BCUT2D eigenvalue weighted by atomic mass is 15.1. The van der Waals surface area contributed by atoms with Crippen LogP contribution in [0.3, 0.4) is 0 Å². The second-order valence-corrected chi connectivity index (χ2v) is 5.22. The van der Waals surface area contributed by atoms with E-state index in [1.807, 2.05) is 36.4 Å². The molecule has 0 saturated carbocycles. The number of guanidine groups is 1. The molecule has 0 aliphatic carbocycles. The first kappa shape index (κ1) is 15.9. The van der Waals surface area contributed by atoms with Crippen molar-refractivity contribution in [3.05, 3.63) is 60.7 Å². The molecule has 2 aromatic rings. The fourth-order valence-electron chi connectivity index (χ4n) is 2.18. The van der Waals surface area contributed by atoms with Gasteiger partial charge >= 0.3 is 0 Å². The van der Waals surface area contributed by atoms with Crippen LogP contribution in [0.1, 0.15) is 12.8 Å². The van der Waals surface area contributed by atoms with Crippen molar-refractivity contribution in [3.8, 4) is 0 Å². The molecule has 0 radical (unpaired) electrons. The van der Waals surface area contributed by atoms with Gasteiger partial charge in [0.15, 0.2) is 5.96 Å². The molecule has 3 N–H and O–H groups in total. The lowest BCUT2D eigenvalue weighted by atomic mass is 10.2. The average Bonchev–Trinajstić information content (AvgIpc) is 2.56. The van der Waals surface area contributed by atoms with Crippen LogP contribution in [-0.4, -0.2) is 26.1 Å². The minimum Gasteiger partial charge on any atom is -0.375 e. The number of aliphatic imine (C=N–C) groups is 1. The molecule has 22 heavy (non-hydrogen) atoms. The lowest BCUT2D eigenvalue weighted by Gasteiger charge is -2.18. The largest absolute Gasteiger partial charge is 0.375 e. The van der Waals surface area contributed by atoms with Gasteiger partial charge in [0, 0.05) is 31.5 Å². The van der Waals surface area contributed by atoms with E-state index in [2.05, 4.69) is 46.5 Å². The lowest BCUT2D eigenvalue weighted by molar-refractivity contribution is 0.728. The van der Waals surface area contributed by atoms with E-state index in [1.54, 1.807) is 0 Å². The molecule has 4 nitrogen and oxygen atoms in total. The molecule has 0 aliphatic heterocycles. The summed E-state index contributed by atoms with van der Waals surface area (Å²) in [4.78, 5) is 6.61. The third-order valence-corrected chi connectivity index (χ3v) is 3.43. The first-order valence-electron chi connectivity index (χ1n) is 7.64. The number of hydrogen-bond donors (Lipinski definition) is 2. The van der Waals surface area contributed by atoms with E-state index in [-0.39, 0.29) is 0 Å². The number of nitrogens with two attached hydrogens (primary N) is 1. The second kappa shape index (κ2) is 8.72. The molecule has 0 amide bonds. The minimum atomic E-state index is 0.475. The number of anilines is 2. The van der Waals surface area contributed by atoms with Crippen molar-refractivity contribution in [2.45, 2.75) is 12.8 Å². The van der Waals surface area contributed by atoms with Crippen molar-refractivity contribution >= 4 is 17.3 Å². The van der Waals surface area contributed by atoms with Crippen LogP contribution in [0.25, 0.3) is 0 Å². The molecule has 0 fully saturated rings. The van der Waals surface area contributed by atoms with Crippen molar-refractivity contribution in [2.75, 3.05) is 30.4 Å². The van der Waals surface area contributed by atoms with Crippen molar-refractivity contribution in [1.29, 1.82) is 0 Å². The Labute approximate surface area is 132 Å². The number of rotatable bonds is 7. The molecule has 0 atom stereocenters. The van der Waals surface area contributed by atoms with E-state index >= 15 is 0 Å². The first-order valence-corrected chi connectivity index (χ1v) is 7.64. The molecule has 2 aromatic carbocycles. The molecule has 0 aliphatic rings. The number of para-hydroxylation sites is 2. The summed E-state index contributed by atoms with van der Waals surface area (Å²) >= 11 is 0. The Morgan fingerprint density at radius 2 is 1.64 bits per heavy atom. The summed E-state index contributed by atoms with van der Waals surface area (Å²) in [6.45, 7) is 1.76. The average molecular weight is 296 g/mol. The third-order valence-electron chi connectivity index (χ3n) is 3.43. The Morgan fingerprint density at radius 3 is 2.32 bits per heavy atom. The zero-order chi connectivity index (χ0) is 15.6. The van der Waals surface area contributed by atoms with Gasteiger partial charge in [-0.3, -0.25) is 4.99 Å². The Hall–Kier alpha value is -2.49. The van der Waals surface area contributed by atoms with E-state index in [1.165, 1.54) is 5.69 Å². The maximum absolute atomic E-state index is 5.87. The SMILES string of the molecule is CN(CCCCN=C(N)Nc1ccccc1)c1ccccc1. The van der Waals surface area contributed by atoms with Crippen LogP contribution in [-0.2, 0) is 0 Å². The number of nitrogens with zero attached hydrogens (tertiary/aromatic N) is 2. The van der Waals surface area contributed by atoms with E-state index in [4.69, 9.17) is 5.73 Å². The van der Waals surface area contributed by atoms with Gasteiger partial charge in [-0.25, -0.2) is 0 Å². The topological polar surface area (TPSA) is 53.6 Å². The van der Waals surface area contributed by atoms with Crippen LogP contribution in [0.5, 0.6) is 0 Å². The van der Waals surface area contributed by atoms with Crippen LogP contribution in [0, 0.1) is 0 Å². The molecule has 0 bridgehead atoms. The van der Waals surface area contributed by atoms with Gasteiger partial charge in [-0.05, 0) is 37.1 Å². The zero-order valence-electron chi connectivity index (χ0n) is 13.1. The fourth-order valence-corrected chi connectivity index (χ4v) is 2.18. The predicted molar refractivity (Wildman–Crippen MR) is 95.5 cm³/mol. The zero-order valence-corrected chi connectivity index (χ0v) is 13.1. The quantitative estimate of drug-likeness (QED) is 0.468. The lowest BCUT2D eigenvalue weighted by Crippen LogP contribution is -2.23. The van der Waals surface area contributed by atoms with Crippen LogP contribution in [0.2, 0.25) is 0 Å². The number of benzene rings is 2. The van der Waals surface area contributed by atoms with E-state index in [0.717, 1.165) is 31.6 Å². The smallest absolute Gasteiger partial charge is 0.193 e. The molecule has 0 aromatic heterocycles. The van der Waals surface area contributed by atoms with Crippen molar-refractivity contribution in [2.24, 2.45) is 10.7 Å². The number of nitrogens with one attached hydrogen (secondary N) is 1. The van der Waals surface area contributed by atoms with Gasteiger partial charge in [-0.1, -0.05) is 36.4 Å². The van der Waals surface area contributed by atoms with Gasteiger partial charge in [0.1, 0.15) is 0 Å². The molecule has 0 saturated heterocycles. The maximum atomic E-state index is 5.87. The van der Waals surface area contributed by atoms with E-state index < -0.39 is 0 Å². The van der Waals surface area contributed by atoms with Gasteiger partial charge in [0.25, 0.3) is 0 Å². The summed E-state index contributed by atoms with van der Waals surface area (Å²) in [5, 5.41) is 3.08. The van der Waals surface area contributed by atoms with Crippen LogP contribution >= 0.6 is 0 Å². The molecule has 2 rings (SSSR count). The summed E-state index contributed by atoms with van der Waals surface area (Å²) in [5.41, 5.74) is 8.08. The van der Waals surface area contributed by atoms with Gasteiger partial charge < -0.3 is 16.0 Å². The van der Waals surface area contributed by atoms with Crippen molar-refractivity contribution < 1.29 is 0 Å². The summed E-state index contributed by atoms with van der Waals surface area (Å²) in [6, 6.07) is 20.3. The van der Waals surface area contributed by atoms with E-state index in [0.29, 0.717) is 5.96 Å². The molecule has 4 heteroatoms. The Kier molecular flexibility index (Phi) is 6.30. The van der Waals surface area contributed by atoms with Gasteiger partial charge in [0.05, 0.1) is 0 Å². The standard InChI is InChI=1S/C18H24N4/c1-22(17-12-6-3-7-13-17)15-9-8-14-20-18(19)21-16-10-4-2-5-11-16/h2-7,10-13H,8-9,14-15H2,1H3,(H3,19,20,21). The van der Waals surface area contributed by atoms with Crippen LogP contribution < -0.4 is 16.0 Å². The van der Waals surface area contributed by atoms with Crippen LogP contribution in [0.15, 0.2) is 65.7 Å². The Bertz CT molecular complexity index is 566. The third kappa shape index (κ3) is 5.48. The summed E-state index contributed by atoms with van der Waals surface area (Å²) < 4.78 is 0. The van der Waals surface area contributed by atoms with Crippen LogP contribution in [0.4, 0.5) is 11.4 Å². The van der Waals surface area contributed by atoms with Gasteiger partial charge in [-0.2, -0.15) is 0 Å². The highest BCUT2D eigenvalue weighted by molar-refractivity contribution is 5.92. The van der Waals surface area contributed by atoms with E-state index in [9.17, 15) is 0 Å². The van der Waals surface area contributed by atoms with Gasteiger partial charge in [0.2, 0.25) is 0 Å². The monoisotopic (exact) mass is 296 g/mol. The summed E-state index contributed by atoms with van der Waals surface area (Å²) in [5.74, 6) is 0.475. The maximum Gasteiger partial charge on any atom is 0.193 e. The van der Waals surface area contributed by atoms with Crippen molar-refractivity contribution in [3.63, 3.8) is 0 Å². The predicted octanol–water partition coefficient (Wildman–Crippen LogP) is 3.33. The normalized spacial score (nSPS) is 11.2. The molecular weight excluding hydrogens is 272 g/mol. The summed E-state index contributed by atoms with van der Waals surface area (Å²) in [7, 11) is 2.12. The fraction of sp³-hybridized carbons (Fsp3) is 0.278. The molecule has 0 heterocycles. The number of hydrogen-bond acceptors (Lipinski definition) is 2. The second-order valence-electron chi connectivity index (χ2n) is 5.22. The van der Waals surface area contributed by atoms with Gasteiger partial charge in [-0.15, -0.1) is 0 Å². The molecular formula is C18H24N4. The number of unbranched alkanes of at least 4 members (excludes halogenated alkanes) is 1. The van der Waals surface area contributed by atoms with Crippen molar-refractivity contribution in [1.82, 2.24) is 0 Å². The Balaban J connectivity index is 1.65. The minimum absolute atomic E-state index is 0.475. The highest BCUT2D eigenvalue weighted by Crippen LogP contribution is 2.11. The first-order chi connectivity index (χ1) is 10.8. The highest BCUT2D eigenvalue weighted by Gasteiger charge is 1.99. The summed E-state index contributed by atoms with van der Waals surface area (Å²) in [6.07, 6.45) is 2.11. The molecule has 0 unspecified atom stereocenters.